The molecule has 14 heavy (non-hydrogen) atoms. The molecule has 2 rings (SSSR count). The maximum atomic E-state index is 11.4. The quantitative estimate of drug-likeness (QED) is 0.637. The molecule has 1 aromatic carbocycles. The summed E-state index contributed by atoms with van der Waals surface area (Å²) in [5, 5.41) is 0. The third-order valence-corrected chi connectivity index (χ3v) is 2.18. The molecule has 0 atom stereocenters. The average molecular weight is 190 g/mol. The van der Waals surface area contributed by atoms with Crippen LogP contribution in [0.1, 0.15) is 22.8 Å². The lowest BCUT2D eigenvalue weighted by Gasteiger charge is -2.00. The lowest BCUT2D eigenvalue weighted by Crippen LogP contribution is -1.94. The van der Waals surface area contributed by atoms with Gasteiger partial charge in [-0.2, -0.15) is 0 Å². The molecule has 0 unspecified atom stereocenters. The summed E-state index contributed by atoms with van der Waals surface area (Å²) in [5.41, 5.74) is 1.40. The zero-order valence-electron chi connectivity index (χ0n) is 8.03. The number of rotatable bonds is 1. The molecule has 0 aromatic heterocycles. The second kappa shape index (κ2) is 3.18. The standard InChI is InChI=1S/C11H10O3/c1-3-10-8-5-4-7(13-2)6-9(8)11(12)14-10/h3-6H,1-2H3/b10-3-. The number of allylic oxidation sites excluding steroid dienone is 1. The van der Waals surface area contributed by atoms with E-state index in [9.17, 15) is 4.79 Å². The van der Waals surface area contributed by atoms with Crippen LogP contribution in [0, 0.1) is 0 Å². The van der Waals surface area contributed by atoms with Gasteiger partial charge in [-0.3, -0.25) is 0 Å². The summed E-state index contributed by atoms with van der Waals surface area (Å²) in [7, 11) is 1.57. The molecule has 72 valence electrons. The molecule has 0 amide bonds. The second-order valence-corrected chi connectivity index (χ2v) is 2.95. The van der Waals surface area contributed by atoms with Gasteiger partial charge in [0.2, 0.25) is 0 Å². The number of methoxy groups -OCH3 is 1. The largest absolute Gasteiger partial charge is 0.497 e. The predicted octanol–water partition coefficient (Wildman–Crippen LogP) is 2.23. The summed E-state index contributed by atoms with van der Waals surface area (Å²) in [6.07, 6.45) is 1.77. The van der Waals surface area contributed by atoms with Crippen LogP contribution in [-0.2, 0) is 4.74 Å². The summed E-state index contributed by atoms with van der Waals surface area (Å²) in [6, 6.07) is 5.33. The molecule has 0 radical (unpaired) electrons. The maximum Gasteiger partial charge on any atom is 0.344 e. The van der Waals surface area contributed by atoms with Gasteiger partial charge in [0.15, 0.2) is 0 Å². The molecule has 0 bridgehead atoms. The molecule has 0 saturated heterocycles. The number of carbonyl (C=O) groups is 1. The van der Waals surface area contributed by atoms with Gasteiger partial charge in [0.05, 0.1) is 12.7 Å². The van der Waals surface area contributed by atoms with E-state index in [-0.39, 0.29) is 5.97 Å². The first kappa shape index (κ1) is 8.81. The fourth-order valence-electron chi connectivity index (χ4n) is 1.46. The molecule has 3 nitrogen and oxygen atoms in total. The van der Waals surface area contributed by atoms with Gasteiger partial charge >= 0.3 is 5.97 Å². The highest BCUT2D eigenvalue weighted by atomic mass is 16.5. The van der Waals surface area contributed by atoms with Gasteiger partial charge in [0, 0.05) is 5.56 Å². The van der Waals surface area contributed by atoms with E-state index < -0.39 is 0 Å². The zero-order valence-corrected chi connectivity index (χ0v) is 8.03. The minimum absolute atomic E-state index is 0.313. The second-order valence-electron chi connectivity index (χ2n) is 2.95. The van der Waals surface area contributed by atoms with Gasteiger partial charge in [-0.15, -0.1) is 0 Å². The van der Waals surface area contributed by atoms with Crippen molar-refractivity contribution in [3.8, 4) is 5.75 Å². The van der Waals surface area contributed by atoms with Crippen LogP contribution in [0.15, 0.2) is 24.3 Å². The molecule has 0 N–H and O–H groups in total. The number of benzene rings is 1. The summed E-state index contributed by atoms with van der Waals surface area (Å²) in [4.78, 5) is 11.4. The normalized spacial score (nSPS) is 16.7. The van der Waals surface area contributed by atoms with Gasteiger partial charge < -0.3 is 9.47 Å². The van der Waals surface area contributed by atoms with E-state index in [1.165, 1.54) is 0 Å². The Kier molecular flexibility index (Phi) is 2.00. The van der Waals surface area contributed by atoms with E-state index in [1.807, 2.05) is 19.1 Å². The Bertz CT molecular complexity index is 419. The Morgan fingerprint density at radius 1 is 1.36 bits per heavy atom. The first-order chi connectivity index (χ1) is 6.76. The number of cyclic esters (lactones) is 1. The molecule has 1 aliphatic rings. The number of carbonyl (C=O) groups excluding carboxylic acids is 1. The van der Waals surface area contributed by atoms with Gasteiger partial charge in [-0.1, -0.05) is 0 Å². The van der Waals surface area contributed by atoms with Crippen LogP contribution in [0.3, 0.4) is 0 Å². The Labute approximate surface area is 81.9 Å². The van der Waals surface area contributed by atoms with Crippen molar-refractivity contribution in [2.75, 3.05) is 7.11 Å². The number of hydrogen-bond donors (Lipinski definition) is 0. The van der Waals surface area contributed by atoms with Crippen molar-refractivity contribution in [1.29, 1.82) is 0 Å². The van der Waals surface area contributed by atoms with E-state index in [0.717, 1.165) is 5.56 Å². The highest BCUT2D eigenvalue weighted by Crippen LogP contribution is 2.31. The highest BCUT2D eigenvalue weighted by molar-refractivity contribution is 6.03. The van der Waals surface area contributed by atoms with Crippen molar-refractivity contribution in [1.82, 2.24) is 0 Å². The van der Waals surface area contributed by atoms with Gasteiger partial charge in [0.25, 0.3) is 0 Å². The Morgan fingerprint density at radius 2 is 2.14 bits per heavy atom. The van der Waals surface area contributed by atoms with Gasteiger partial charge in [-0.05, 0) is 31.2 Å². The SMILES string of the molecule is C/C=C1\OC(=O)c2cc(OC)ccc21. The predicted molar refractivity (Wildman–Crippen MR) is 52.1 cm³/mol. The smallest absolute Gasteiger partial charge is 0.344 e. The van der Waals surface area contributed by atoms with Crippen LogP contribution in [0.2, 0.25) is 0 Å². The van der Waals surface area contributed by atoms with E-state index in [0.29, 0.717) is 17.1 Å². The average Bonchev–Trinajstić information content (AvgIpc) is 2.55. The van der Waals surface area contributed by atoms with Crippen molar-refractivity contribution in [3.05, 3.63) is 35.4 Å². The van der Waals surface area contributed by atoms with E-state index in [1.54, 1.807) is 19.3 Å². The highest BCUT2D eigenvalue weighted by Gasteiger charge is 2.25. The van der Waals surface area contributed by atoms with E-state index in [2.05, 4.69) is 0 Å². The summed E-state index contributed by atoms with van der Waals surface area (Å²) < 4.78 is 10.1. The van der Waals surface area contributed by atoms with Crippen molar-refractivity contribution in [3.63, 3.8) is 0 Å². The minimum atomic E-state index is -0.313. The molecule has 1 aromatic rings. The topological polar surface area (TPSA) is 35.5 Å². The van der Waals surface area contributed by atoms with Gasteiger partial charge in [0.1, 0.15) is 11.5 Å². The van der Waals surface area contributed by atoms with Crippen molar-refractivity contribution in [2.24, 2.45) is 0 Å². The molecule has 3 heteroatoms. The third kappa shape index (κ3) is 1.18. The molecule has 1 aliphatic heterocycles. The van der Waals surface area contributed by atoms with Crippen molar-refractivity contribution in [2.45, 2.75) is 6.92 Å². The van der Waals surface area contributed by atoms with Crippen molar-refractivity contribution < 1.29 is 14.3 Å². The number of esters is 1. The molecule has 1 heterocycles. The fourth-order valence-corrected chi connectivity index (χ4v) is 1.46. The van der Waals surface area contributed by atoms with E-state index in [4.69, 9.17) is 9.47 Å². The van der Waals surface area contributed by atoms with Crippen LogP contribution in [-0.4, -0.2) is 13.1 Å². The zero-order chi connectivity index (χ0) is 10.1. The number of fused-ring (bicyclic) bond motifs is 1. The third-order valence-electron chi connectivity index (χ3n) is 2.18. The van der Waals surface area contributed by atoms with Crippen LogP contribution in [0.25, 0.3) is 5.76 Å². The van der Waals surface area contributed by atoms with E-state index >= 15 is 0 Å². The Balaban J connectivity index is 2.57. The molecule has 0 aliphatic carbocycles. The maximum absolute atomic E-state index is 11.4. The van der Waals surface area contributed by atoms with Gasteiger partial charge in [-0.25, -0.2) is 4.79 Å². The van der Waals surface area contributed by atoms with Crippen LogP contribution in [0.5, 0.6) is 5.75 Å². The van der Waals surface area contributed by atoms with Crippen LogP contribution in [0.4, 0.5) is 0 Å². The molecule has 0 spiro atoms. The Hall–Kier alpha value is -1.77. The minimum Gasteiger partial charge on any atom is -0.497 e. The summed E-state index contributed by atoms with van der Waals surface area (Å²) >= 11 is 0. The van der Waals surface area contributed by atoms with Crippen LogP contribution >= 0.6 is 0 Å². The molecular weight excluding hydrogens is 180 g/mol. The first-order valence-corrected chi connectivity index (χ1v) is 4.33. The monoisotopic (exact) mass is 190 g/mol. The van der Waals surface area contributed by atoms with Crippen LogP contribution < -0.4 is 4.74 Å². The Morgan fingerprint density at radius 3 is 2.79 bits per heavy atom. The fraction of sp³-hybridized carbons (Fsp3) is 0.182. The number of ether oxygens (including phenoxy) is 2. The lowest BCUT2D eigenvalue weighted by molar-refractivity contribution is 0.0715. The number of hydrogen-bond acceptors (Lipinski definition) is 3. The van der Waals surface area contributed by atoms with Crippen molar-refractivity contribution >= 4 is 11.7 Å². The molecule has 0 saturated carbocycles. The summed E-state index contributed by atoms with van der Waals surface area (Å²) in [5.74, 6) is 0.970. The summed E-state index contributed by atoms with van der Waals surface area (Å²) in [6.45, 7) is 1.84. The molecular formula is C11H10O3. The molecule has 0 fully saturated rings. The lowest BCUT2D eigenvalue weighted by atomic mass is 10.1. The first-order valence-electron chi connectivity index (χ1n) is 4.33.